The van der Waals surface area contributed by atoms with E-state index in [1.165, 1.54) is 0 Å². The van der Waals surface area contributed by atoms with Gasteiger partial charge in [0.2, 0.25) is 5.91 Å². The summed E-state index contributed by atoms with van der Waals surface area (Å²) in [5.74, 6) is 0.985. The number of halogens is 1. The Morgan fingerprint density at radius 1 is 1.32 bits per heavy atom. The van der Waals surface area contributed by atoms with Gasteiger partial charge in [0.1, 0.15) is 5.75 Å². The Morgan fingerprint density at radius 3 is 2.45 bits per heavy atom. The van der Waals surface area contributed by atoms with Crippen molar-refractivity contribution in [1.82, 2.24) is 9.80 Å². The highest BCUT2D eigenvalue weighted by atomic mass is 35.5. The summed E-state index contributed by atoms with van der Waals surface area (Å²) in [6.45, 7) is 2.95. The summed E-state index contributed by atoms with van der Waals surface area (Å²) in [4.78, 5) is 16.2. The summed E-state index contributed by atoms with van der Waals surface area (Å²) in [5, 5.41) is 0. The molecule has 0 aromatic heterocycles. The predicted octanol–water partition coefficient (Wildman–Crippen LogP) is 1.50. The molecule has 6 heteroatoms. The Balaban J connectivity index is 0.00000242. The summed E-state index contributed by atoms with van der Waals surface area (Å²) in [7, 11) is 3.50. The molecule has 0 unspecified atom stereocenters. The number of ether oxygens (including phenoxy) is 1. The van der Waals surface area contributed by atoms with Gasteiger partial charge in [-0.25, -0.2) is 0 Å². The van der Waals surface area contributed by atoms with Crippen molar-refractivity contribution in [1.29, 1.82) is 0 Å². The third kappa shape index (κ3) is 5.48. The van der Waals surface area contributed by atoms with Crippen LogP contribution >= 0.6 is 12.4 Å². The van der Waals surface area contributed by atoms with Gasteiger partial charge in [-0.05, 0) is 30.5 Å². The lowest BCUT2D eigenvalue weighted by atomic mass is 10.1. The first-order valence-electron chi connectivity index (χ1n) is 7.43. The van der Waals surface area contributed by atoms with Crippen molar-refractivity contribution in [2.24, 2.45) is 5.73 Å². The van der Waals surface area contributed by atoms with Crippen molar-refractivity contribution in [3.05, 3.63) is 29.8 Å². The number of rotatable bonds is 5. The van der Waals surface area contributed by atoms with Crippen molar-refractivity contribution in [2.75, 3.05) is 33.8 Å². The molecule has 2 N–H and O–H groups in total. The van der Waals surface area contributed by atoms with Gasteiger partial charge in [-0.15, -0.1) is 12.4 Å². The minimum Gasteiger partial charge on any atom is -0.497 e. The number of likely N-dealkylation sites (N-methyl/N-ethyl adjacent to an activating group) is 1. The molecule has 1 saturated heterocycles. The first-order valence-corrected chi connectivity index (χ1v) is 7.43. The van der Waals surface area contributed by atoms with Crippen LogP contribution in [0.3, 0.4) is 0 Å². The van der Waals surface area contributed by atoms with Crippen LogP contribution in [-0.4, -0.2) is 55.5 Å². The standard InChI is InChI=1S/C16H25N3O2.ClH/c1-18(11-13-3-5-15(21-2)6-4-13)16(20)12-19-9-7-14(17)8-10-19;/h3-6,14H,7-12,17H2,1-2H3;1H. The molecule has 0 spiro atoms. The van der Waals surface area contributed by atoms with Crippen LogP contribution in [-0.2, 0) is 11.3 Å². The topological polar surface area (TPSA) is 58.8 Å². The number of nitrogens with zero attached hydrogens (tertiary/aromatic N) is 2. The molecule has 1 heterocycles. The quantitative estimate of drug-likeness (QED) is 0.890. The van der Waals surface area contributed by atoms with Crippen LogP contribution < -0.4 is 10.5 Å². The molecule has 0 saturated carbocycles. The molecule has 5 nitrogen and oxygen atoms in total. The van der Waals surface area contributed by atoms with Gasteiger partial charge in [0.05, 0.1) is 13.7 Å². The van der Waals surface area contributed by atoms with Gasteiger partial charge in [0, 0.05) is 32.7 Å². The molecule has 0 atom stereocenters. The predicted molar refractivity (Wildman–Crippen MR) is 90.4 cm³/mol. The van der Waals surface area contributed by atoms with E-state index < -0.39 is 0 Å². The second-order valence-electron chi connectivity index (χ2n) is 5.71. The number of hydrogen-bond donors (Lipinski definition) is 1. The van der Waals surface area contributed by atoms with E-state index in [2.05, 4.69) is 4.90 Å². The van der Waals surface area contributed by atoms with Crippen LogP contribution in [0.25, 0.3) is 0 Å². The number of carbonyl (C=O) groups is 1. The zero-order valence-electron chi connectivity index (χ0n) is 13.3. The van der Waals surface area contributed by atoms with E-state index in [0.717, 1.165) is 37.2 Å². The maximum absolute atomic E-state index is 12.2. The van der Waals surface area contributed by atoms with Gasteiger partial charge in [0.15, 0.2) is 0 Å². The molecular weight excluding hydrogens is 302 g/mol. The van der Waals surface area contributed by atoms with Gasteiger partial charge in [-0.3, -0.25) is 9.69 Å². The van der Waals surface area contributed by atoms with Crippen LogP contribution in [0.1, 0.15) is 18.4 Å². The maximum Gasteiger partial charge on any atom is 0.236 e. The first kappa shape index (κ1) is 18.7. The fourth-order valence-corrected chi connectivity index (χ4v) is 2.52. The van der Waals surface area contributed by atoms with Crippen molar-refractivity contribution in [3.8, 4) is 5.75 Å². The Hall–Kier alpha value is -1.30. The zero-order valence-corrected chi connectivity index (χ0v) is 14.1. The lowest BCUT2D eigenvalue weighted by molar-refractivity contribution is -0.131. The van der Waals surface area contributed by atoms with Gasteiger partial charge in [0.25, 0.3) is 0 Å². The Labute approximate surface area is 138 Å². The van der Waals surface area contributed by atoms with E-state index in [1.807, 2.05) is 31.3 Å². The summed E-state index contributed by atoms with van der Waals surface area (Å²) < 4.78 is 5.13. The third-order valence-corrected chi connectivity index (χ3v) is 4.00. The molecule has 1 aliphatic heterocycles. The number of carbonyl (C=O) groups excluding carboxylic acids is 1. The van der Waals surface area contributed by atoms with Gasteiger partial charge in [-0.1, -0.05) is 12.1 Å². The van der Waals surface area contributed by atoms with Crippen molar-refractivity contribution >= 4 is 18.3 Å². The average Bonchev–Trinajstić information content (AvgIpc) is 2.50. The number of likely N-dealkylation sites (tertiary alicyclic amines) is 1. The second-order valence-corrected chi connectivity index (χ2v) is 5.71. The minimum absolute atomic E-state index is 0. The van der Waals surface area contributed by atoms with Crippen molar-refractivity contribution < 1.29 is 9.53 Å². The largest absolute Gasteiger partial charge is 0.497 e. The van der Waals surface area contributed by atoms with Crippen molar-refractivity contribution in [3.63, 3.8) is 0 Å². The lowest BCUT2D eigenvalue weighted by Crippen LogP contribution is -2.44. The number of hydrogen-bond acceptors (Lipinski definition) is 4. The number of benzene rings is 1. The molecule has 1 aromatic carbocycles. The molecular formula is C16H26ClN3O2. The maximum atomic E-state index is 12.2. The Bertz CT molecular complexity index is 459. The van der Waals surface area contributed by atoms with Crippen LogP contribution in [0.15, 0.2) is 24.3 Å². The van der Waals surface area contributed by atoms with Gasteiger partial charge >= 0.3 is 0 Å². The lowest BCUT2D eigenvalue weighted by Gasteiger charge is -2.30. The summed E-state index contributed by atoms with van der Waals surface area (Å²) in [6, 6.07) is 8.11. The number of nitrogens with two attached hydrogens (primary N) is 1. The summed E-state index contributed by atoms with van der Waals surface area (Å²) in [6.07, 6.45) is 1.96. The van der Waals surface area contributed by atoms with Gasteiger partial charge in [-0.2, -0.15) is 0 Å². The fourth-order valence-electron chi connectivity index (χ4n) is 2.52. The molecule has 0 radical (unpaired) electrons. The van der Waals surface area contributed by atoms with E-state index in [-0.39, 0.29) is 18.3 Å². The smallest absolute Gasteiger partial charge is 0.236 e. The Kier molecular flexibility index (Phi) is 7.65. The van der Waals surface area contributed by atoms with Crippen LogP contribution in [0.5, 0.6) is 5.75 Å². The average molecular weight is 328 g/mol. The van der Waals surface area contributed by atoms with Crippen LogP contribution in [0.2, 0.25) is 0 Å². The summed E-state index contributed by atoms with van der Waals surface area (Å²) >= 11 is 0. The van der Waals surface area contributed by atoms with Crippen molar-refractivity contribution in [2.45, 2.75) is 25.4 Å². The molecule has 0 aliphatic carbocycles. The monoisotopic (exact) mass is 327 g/mol. The number of piperidine rings is 1. The van der Waals surface area contributed by atoms with E-state index in [4.69, 9.17) is 10.5 Å². The van der Waals surface area contributed by atoms with Crippen LogP contribution in [0, 0.1) is 0 Å². The molecule has 22 heavy (non-hydrogen) atoms. The van der Waals surface area contributed by atoms with E-state index in [9.17, 15) is 4.79 Å². The minimum atomic E-state index is 0. The van der Waals surface area contributed by atoms with E-state index in [0.29, 0.717) is 19.1 Å². The molecule has 2 rings (SSSR count). The summed E-state index contributed by atoms with van der Waals surface area (Å²) in [5.41, 5.74) is 6.99. The highest BCUT2D eigenvalue weighted by Crippen LogP contribution is 2.13. The highest BCUT2D eigenvalue weighted by Gasteiger charge is 2.19. The second kappa shape index (κ2) is 8.98. The SMILES string of the molecule is COc1ccc(CN(C)C(=O)CN2CCC(N)CC2)cc1.Cl. The molecule has 0 bridgehead atoms. The Morgan fingerprint density at radius 2 is 1.91 bits per heavy atom. The van der Waals surface area contributed by atoms with E-state index in [1.54, 1.807) is 12.0 Å². The third-order valence-electron chi connectivity index (χ3n) is 4.00. The molecule has 1 amide bonds. The van der Waals surface area contributed by atoms with E-state index >= 15 is 0 Å². The van der Waals surface area contributed by atoms with Crippen LogP contribution in [0.4, 0.5) is 0 Å². The first-order chi connectivity index (χ1) is 10.1. The molecule has 1 fully saturated rings. The normalized spacial score (nSPS) is 16.0. The molecule has 1 aliphatic rings. The van der Waals surface area contributed by atoms with Gasteiger partial charge < -0.3 is 15.4 Å². The number of methoxy groups -OCH3 is 1. The zero-order chi connectivity index (χ0) is 15.2. The fraction of sp³-hybridized carbons (Fsp3) is 0.562. The number of amides is 1. The highest BCUT2D eigenvalue weighted by molar-refractivity contribution is 5.85. The molecule has 1 aromatic rings. The molecule has 124 valence electrons.